The third kappa shape index (κ3) is 7.31. The standard InChI is InChI=1S/C17H27N5O8/c1-8(17(29)30)20-14(26)10(4-5-13(24)25)21-15(27)11-3-2-6-22(11)16(28)9(18)7-12(19)23/h8-11H,2-7,18H2,1H3,(H2,19,23)(H,20,26)(H,21,27)(H,24,25)(H,29,30). The lowest BCUT2D eigenvalue weighted by Gasteiger charge is -2.28. The van der Waals surface area contributed by atoms with Crippen LogP contribution in [-0.4, -0.2) is 81.4 Å². The zero-order valence-electron chi connectivity index (χ0n) is 16.5. The molecule has 0 aromatic carbocycles. The molecule has 0 aromatic rings. The van der Waals surface area contributed by atoms with Gasteiger partial charge in [-0.25, -0.2) is 0 Å². The van der Waals surface area contributed by atoms with Crippen LogP contribution in [0.3, 0.4) is 0 Å². The maximum atomic E-state index is 12.7. The van der Waals surface area contributed by atoms with Crippen molar-refractivity contribution in [1.29, 1.82) is 0 Å². The Morgan fingerprint density at radius 1 is 1.13 bits per heavy atom. The highest BCUT2D eigenvalue weighted by atomic mass is 16.4. The van der Waals surface area contributed by atoms with E-state index in [0.717, 1.165) is 0 Å². The Kier molecular flexibility index (Phi) is 9.17. The topological polar surface area (TPSA) is 222 Å². The Bertz CT molecular complexity index is 712. The van der Waals surface area contributed by atoms with E-state index in [1.807, 2.05) is 0 Å². The van der Waals surface area contributed by atoms with Crippen LogP contribution in [0.2, 0.25) is 0 Å². The van der Waals surface area contributed by atoms with E-state index in [2.05, 4.69) is 10.6 Å². The summed E-state index contributed by atoms with van der Waals surface area (Å²) in [6, 6.07) is -4.74. The van der Waals surface area contributed by atoms with E-state index in [4.69, 9.17) is 21.7 Å². The van der Waals surface area contributed by atoms with Crippen LogP contribution in [-0.2, 0) is 28.8 Å². The van der Waals surface area contributed by atoms with Gasteiger partial charge in [0.2, 0.25) is 23.6 Å². The molecule has 1 saturated heterocycles. The number of rotatable bonds is 11. The first-order valence-electron chi connectivity index (χ1n) is 9.33. The van der Waals surface area contributed by atoms with Crippen LogP contribution in [0.5, 0.6) is 0 Å². The number of nitrogens with zero attached hydrogens (tertiary/aromatic N) is 1. The molecule has 1 heterocycles. The molecule has 1 fully saturated rings. The molecule has 0 aliphatic carbocycles. The summed E-state index contributed by atoms with van der Waals surface area (Å²) in [5.41, 5.74) is 10.7. The van der Waals surface area contributed by atoms with Crippen LogP contribution in [0, 0.1) is 0 Å². The van der Waals surface area contributed by atoms with Gasteiger partial charge in [0.25, 0.3) is 0 Å². The minimum absolute atomic E-state index is 0.214. The van der Waals surface area contributed by atoms with Crippen LogP contribution in [0.25, 0.3) is 0 Å². The summed E-state index contributed by atoms with van der Waals surface area (Å²) < 4.78 is 0. The van der Waals surface area contributed by atoms with Crippen molar-refractivity contribution < 1.29 is 39.0 Å². The predicted molar refractivity (Wildman–Crippen MR) is 101 cm³/mol. The van der Waals surface area contributed by atoms with Crippen molar-refractivity contribution in [1.82, 2.24) is 15.5 Å². The summed E-state index contributed by atoms with van der Waals surface area (Å²) >= 11 is 0. The van der Waals surface area contributed by atoms with E-state index in [0.29, 0.717) is 6.42 Å². The Hall–Kier alpha value is -3.22. The summed E-state index contributed by atoms with van der Waals surface area (Å²) in [6.45, 7) is 1.43. The molecule has 4 atom stereocenters. The quantitative estimate of drug-likeness (QED) is 0.198. The number of amides is 4. The third-order valence-corrected chi connectivity index (χ3v) is 4.59. The second-order valence-electron chi connectivity index (χ2n) is 7.03. The monoisotopic (exact) mass is 429 g/mol. The first-order valence-corrected chi connectivity index (χ1v) is 9.33. The fraction of sp³-hybridized carbons (Fsp3) is 0.647. The molecule has 0 radical (unpaired) electrons. The first kappa shape index (κ1) is 24.8. The molecule has 1 rings (SSSR count). The number of carbonyl (C=O) groups excluding carboxylic acids is 4. The Balaban J connectivity index is 2.88. The molecule has 0 aromatic heterocycles. The molecule has 0 saturated carbocycles. The van der Waals surface area contributed by atoms with Gasteiger partial charge in [0.15, 0.2) is 0 Å². The van der Waals surface area contributed by atoms with Gasteiger partial charge in [0, 0.05) is 13.0 Å². The normalized spacial score (nSPS) is 18.7. The maximum absolute atomic E-state index is 12.7. The van der Waals surface area contributed by atoms with Gasteiger partial charge < -0.3 is 37.2 Å². The van der Waals surface area contributed by atoms with Crippen molar-refractivity contribution in [3.8, 4) is 0 Å². The van der Waals surface area contributed by atoms with Crippen LogP contribution in [0.1, 0.15) is 39.0 Å². The van der Waals surface area contributed by atoms with Gasteiger partial charge in [-0.1, -0.05) is 0 Å². The van der Waals surface area contributed by atoms with E-state index in [-0.39, 0.29) is 25.8 Å². The van der Waals surface area contributed by atoms with Crippen molar-refractivity contribution in [3.05, 3.63) is 0 Å². The SMILES string of the molecule is CC(NC(=O)C(CCC(=O)O)NC(=O)C1CCCN1C(=O)C(N)CC(N)=O)C(=O)O. The highest BCUT2D eigenvalue weighted by molar-refractivity contribution is 5.95. The lowest BCUT2D eigenvalue weighted by Crippen LogP contribution is -2.56. The van der Waals surface area contributed by atoms with E-state index >= 15 is 0 Å². The Morgan fingerprint density at radius 2 is 1.77 bits per heavy atom. The summed E-state index contributed by atoms with van der Waals surface area (Å²) in [6.07, 6.45) is -0.354. The van der Waals surface area contributed by atoms with Gasteiger partial charge in [-0.05, 0) is 26.2 Å². The number of carboxylic acids is 2. The number of hydrogen-bond donors (Lipinski definition) is 6. The molecular formula is C17H27N5O8. The van der Waals surface area contributed by atoms with Gasteiger partial charge in [-0.3, -0.25) is 28.8 Å². The lowest BCUT2D eigenvalue weighted by atomic mass is 10.1. The van der Waals surface area contributed by atoms with Crippen LogP contribution in [0.15, 0.2) is 0 Å². The Morgan fingerprint density at radius 3 is 2.30 bits per heavy atom. The maximum Gasteiger partial charge on any atom is 0.325 e. The van der Waals surface area contributed by atoms with Crippen LogP contribution >= 0.6 is 0 Å². The minimum Gasteiger partial charge on any atom is -0.481 e. The molecule has 4 amide bonds. The highest BCUT2D eigenvalue weighted by Crippen LogP contribution is 2.19. The molecule has 4 unspecified atom stereocenters. The van der Waals surface area contributed by atoms with Gasteiger partial charge in [0.05, 0.1) is 12.5 Å². The highest BCUT2D eigenvalue weighted by Gasteiger charge is 2.38. The molecule has 168 valence electrons. The van der Waals surface area contributed by atoms with Crippen molar-refractivity contribution in [2.45, 2.75) is 63.2 Å². The molecule has 30 heavy (non-hydrogen) atoms. The summed E-state index contributed by atoms with van der Waals surface area (Å²) in [5, 5.41) is 22.3. The molecular weight excluding hydrogens is 402 g/mol. The Labute approximate surface area is 172 Å². The molecule has 8 N–H and O–H groups in total. The van der Waals surface area contributed by atoms with Crippen LogP contribution in [0.4, 0.5) is 0 Å². The van der Waals surface area contributed by atoms with Crippen molar-refractivity contribution >= 4 is 35.6 Å². The molecule has 1 aliphatic rings. The summed E-state index contributed by atoms with van der Waals surface area (Å²) in [7, 11) is 0. The first-order chi connectivity index (χ1) is 13.9. The lowest BCUT2D eigenvalue weighted by molar-refractivity contribution is -0.143. The van der Waals surface area contributed by atoms with Gasteiger partial charge >= 0.3 is 11.9 Å². The zero-order chi connectivity index (χ0) is 23.0. The van der Waals surface area contributed by atoms with E-state index in [1.165, 1.54) is 11.8 Å². The number of carboxylic acid groups (broad SMARTS) is 2. The average Bonchev–Trinajstić information content (AvgIpc) is 3.13. The molecule has 13 nitrogen and oxygen atoms in total. The van der Waals surface area contributed by atoms with Crippen molar-refractivity contribution in [2.75, 3.05) is 6.54 Å². The number of primary amides is 1. The number of likely N-dealkylation sites (tertiary alicyclic amines) is 1. The van der Waals surface area contributed by atoms with Gasteiger partial charge in [0.1, 0.15) is 18.1 Å². The number of aliphatic carboxylic acids is 2. The van der Waals surface area contributed by atoms with E-state index in [1.54, 1.807) is 0 Å². The number of carbonyl (C=O) groups is 6. The van der Waals surface area contributed by atoms with E-state index in [9.17, 15) is 28.8 Å². The van der Waals surface area contributed by atoms with Crippen molar-refractivity contribution in [3.63, 3.8) is 0 Å². The fourth-order valence-corrected chi connectivity index (χ4v) is 3.00. The molecule has 1 aliphatic heterocycles. The zero-order valence-corrected chi connectivity index (χ0v) is 16.5. The number of nitrogens with two attached hydrogens (primary N) is 2. The fourth-order valence-electron chi connectivity index (χ4n) is 3.00. The minimum atomic E-state index is -1.31. The number of hydrogen-bond acceptors (Lipinski definition) is 7. The molecule has 0 bridgehead atoms. The third-order valence-electron chi connectivity index (χ3n) is 4.59. The predicted octanol–water partition coefficient (Wildman–Crippen LogP) is -2.88. The largest absolute Gasteiger partial charge is 0.481 e. The van der Waals surface area contributed by atoms with Crippen molar-refractivity contribution in [2.24, 2.45) is 11.5 Å². The average molecular weight is 429 g/mol. The van der Waals surface area contributed by atoms with E-state index < -0.39 is 66.2 Å². The molecule has 13 heteroatoms. The van der Waals surface area contributed by atoms with Gasteiger partial charge in [-0.2, -0.15) is 0 Å². The molecule has 0 spiro atoms. The smallest absolute Gasteiger partial charge is 0.325 e. The summed E-state index contributed by atoms with van der Waals surface area (Å²) in [5.74, 6) is -5.49. The van der Waals surface area contributed by atoms with Crippen LogP contribution < -0.4 is 22.1 Å². The summed E-state index contributed by atoms with van der Waals surface area (Å²) in [4.78, 5) is 71.4. The second-order valence-corrected chi connectivity index (χ2v) is 7.03. The number of nitrogens with one attached hydrogen (secondary N) is 2. The van der Waals surface area contributed by atoms with Gasteiger partial charge in [-0.15, -0.1) is 0 Å². The second kappa shape index (κ2) is 11.1.